The minimum atomic E-state index is -0.239. The molecule has 0 saturated carbocycles. The monoisotopic (exact) mass is 401 g/mol. The van der Waals surface area contributed by atoms with E-state index in [9.17, 15) is 9.59 Å². The number of benzene rings is 2. The number of anilines is 1. The third kappa shape index (κ3) is 3.10. The number of carbonyl (C=O) groups excluding carboxylic acids is 2. The van der Waals surface area contributed by atoms with Crippen LogP contribution in [0, 0.1) is 0 Å². The molecule has 0 radical (unpaired) electrons. The van der Waals surface area contributed by atoms with Gasteiger partial charge in [-0.05, 0) is 48.0 Å². The Morgan fingerprint density at radius 2 is 1.88 bits per heavy atom. The fourth-order valence-corrected chi connectivity index (χ4v) is 3.01. The first-order valence-electron chi connectivity index (χ1n) is 7.48. The van der Waals surface area contributed by atoms with Crippen molar-refractivity contribution in [3.8, 4) is 17.2 Å². The number of amides is 1. The van der Waals surface area contributed by atoms with Crippen molar-refractivity contribution in [2.75, 3.05) is 18.7 Å². The first-order chi connectivity index (χ1) is 12.1. The predicted octanol–water partition coefficient (Wildman–Crippen LogP) is 3.40. The molecule has 2 aromatic rings. The van der Waals surface area contributed by atoms with E-state index >= 15 is 0 Å². The lowest BCUT2D eigenvalue weighted by Crippen LogP contribution is -2.25. The Hall–Kier alpha value is -2.80. The van der Waals surface area contributed by atoms with Gasteiger partial charge in [0.25, 0.3) is 5.91 Å². The highest BCUT2D eigenvalue weighted by Gasteiger charge is 2.18. The number of hydrogen-bond acceptors (Lipinski definition) is 5. The predicted molar refractivity (Wildman–Crippen MR) is 94.2 cm³/mol. The van der Waals surface area contributed by atoms with Crippen LogP contribution in [0.3, 0.4) is 0 Å². The van der Waals surface area contributed by atoms with Crippen molar-refractivity contribution in [3.05, 3.63) is 52.0 Å². The second kappa shape index (κ2) is 6.25. The van der Waals surface area contributed by atoms with Gasteiger partial charge < -0.3 is 19.5 Å². The van der Waals surface area contributed by atoms with Crippen LogP contribution in [0.25, 0.3) is 6.08 Å². The van der Waals surface area contributed by atoms with Gasteiger partial charge in [-0.1, -0.05) is 15.9 Å². The number of ketones is 1. The van der Waals surface area contributed by atoms with Gasteiger partial charge >= 0.3 is 0 Å². The molecule has 4 rings (SSSR count). The van der Waals surface area contributed by atoms with Gasteiger partial charge in [-0.25, -0.2) is 0 Å². The summed E-state index contributed by atoms with van der Waals surface area (Å²) >= 11 is 3.45. The second-order valence-electron chi connectivity index (χ2n) is 5.47. The van der Waals surface area contributed by atoms with E-state index in [0.29, 0.717) is 28.5 Å². The van der Waals surface area contributed by atoms with Crippen LogP contribution in [0.1, 0.15) is 15.9 Å². The van der Waals surface area contributed by atoms with Crippen molar-refractivity contribution in [2.45, 2.75) is 0 Å². The fourth-order valence-electron chi connectivity index (χ4n) is 2.56. The number of allylic oxidation sites excluding steroid dienone is 1. The number of ether oxygens (including phenoxy) is 3. The van der Waals surface area contributed by atoms with Crippen molar-refractivity contribution < 1.29 is 23.8 Å². The molecule has 0 spiro atoms. The molecule has 0 aromatic heterocycles. The molecule has 25 heavy (non-hydrogen) atoms. The van der Waals surface area contributed by atoms with Gasteiger partial charge in [-0.3, -0.25) is 9.59 Å². The lowest BCUT2D eigenvalue weighted by Gasteiger charge is -2.17. The summed E-state index contributed by atoms with van der Waals surface area (Å²) in [6, 6.07) is 8.55. The minimum Gasteiger partial charge on any atom is -0.482 e. The van der Waals surface area contributed by atoms with E-state index in [4.69, 9.17) is 14.2 Å². The molecule has 2 aromatic carbocycles. The van der Waals surface area contributed by atoms with Gasteiger partial charge in [0.2, 0.25) is 6.79 Å². The van der Waals surface area contributed by atoms with Crippen LogP contribution in [0.4, 0.5) is 5.69 Å². The third-order valence-electron chi connectivity index (χ3n) is 3.80. The molecule has 2 aliphatic heterocycles. The van der Waals surface area contributed by atoms with Crippen LogP contribution in [-0.4, -0.2) is 25.1 Å². The topological polar surface area (TPSA) is 73.9 Å². The average Bonchev–Trinajstić information content (AvgIpc) is 3.05. The van der Waals surface area contributed by atoms with E-state index in [-0.39, 0.29) is 25.1 Å². The second-order valence-corrected chi connectivity index (χ2v) is 6.33. The zero-order chi connectivity index (χ0) is 17.4. The molecular formula is C18H12BrNO5. The molecule has 0 atom stereocenters. The summed E-state index contributed by atoms with van der Waals surface area (Å²) in [5, 5.41) is 2.69. The Morgan fingerprint density at radius 1 is 1.08 bits per heavy atom. The average molecular weight is 402 g/mol. The van der Waals surface area contributed by atoms with Gasteiger partial charge in [-0.15, -0.1) is 0 Å². The summed E-state index contributed by atoms with van der Waals surface area (Å²) in [6.07, 6.45) is 3.17. The van der Waals surface area contributed by atoms with Crippen molar-refractivity contribution in [3.63, 3.8) is 0 Å². The lowest BCUT2D eigenvalue weighted by atomic mass is 10.1. The minimum absolute atomic E-state index is 0.0155. The van der Waals surface area contributed by atoms with Crippen molar-refractivity contribution in [1.82, 2.24) is 0 Å². The van der Waals surface area contributed by atoms with E-state index in [1.165, 1.54) is 6.08 Å². The third-order valence-corrected chi connectivity index (χ3v) is 4.49. The zero-order valence-corrected chi connectivity index (χ0v) is 14.5. The molecule has 0 bridgehead atoms. The number of nitrogens with one attached hydrogen (secondary N) is 1. The van der Waals surface area contributed by atoms with Crippen LogP contribution in [0.5, 0.6) is 17.2 Å². The highest BCUT2D eigenvalue weighted by Crippen LogP contribution is 2.37. The van der Waals surface area contributed by atoms with Crippen molar-refractivity contribution >= 4 is 39.4 Å². The molecule has 0 fully saturated rings. The molecule has 0 saturated heterocycles. The number of hydrogen-bond donors (Lipinski definition) is 1. The SMILES string of the molecule is O=C1COc2ccc(C(=O)C=Cc3cc4c(cc3Br)OCO4)cc2N1. The Morgan fingerprint density at radius 3 is 2.72 bits per heavy atom. The van der Waals surface area contributed by atoms with E-state index < -0.39 is 0 Å². The number of carbonyl (C=O) groups is 2. The van der Waals surface area contributed by atoms with Gasteiger partial charge in [0, 0.05) is 10.0 Å². The standard InChI is InChI=1S/C18H12BrNO5/c19-12-7-17-16(24-9-25-17)6-10(12)1-3-14(21)11-2-4-15-13(5-11)20-18(22)8-23-15/h1-7H,8-9H2,(H,20,22). The molecule has 0 unspecified atom stereocenters. The Balaban J connectivity index is 1.57. The number of rotatable bonds is 3. The highest BCUT2D eigenvalue weighted by atomic mass is 79.9. The van der Waals surface area contributed by atoms with Gasteiger partial charge in [0.1, 0.15) is 5.75 Å². The van der Waals surface area contributed by atoms with Gasteiger partial charge in [0.05, 0.1) is 5.69 Å². The summed E-state index contributed by atoms with van der Waals surface area (Å²) in [5.41, 5.74) is 1.75. The summed E-state index contributed by atoms with van der Waals surface area (Å²) in [4.78, 5) is 23.8. The van der Waals surface area contributed by atoms with Crippen LogP contribution in [-0.2, 0) is 4.79 Å². The molecule has 7 heteroatoms. The molecule has 2 aliphatic rings. The van der Waals surface area contributed by atoms with Crippen LogP contribution < -0.4 is 19.5 Å². The first kappa shape index (κ1) is 15.7. The number of fused-ring (bicyclic) bond motifs is 2. The van der Waals surface area contributed by atoms with E-state index in [1.807, 2.05) is 0 Å². The first-order valence-corrected chi connectivity index (χ1v) is 8.28. The summed E-state index contributed by atoms with van der Waals surface area (Å²) in [5.74, 6) is 1.44. The molecule has 1 amide bonds. The van der Waals surface area contributed by atoms with Gasteiger partial charge in [0.15, 0.2) is 23.9 Å². The van der Waals surface area contributed by atoms with Crippen LogP contribution in [0.2, 0.25) is 0 Å². The van der Waals surface area contributed by atoms with E-state index in [2.05, 4.69) is 21.2 Å². The quantitative estimate of drug-likeness (QED) is 0.629. The maximum Gasteiger partial charge on any atom is 0.262 e. The molecular weight excluding hydrogens is 390 g/mol. The highest BCUT2D eigenvalue weighted by molar-refractivity contribution is 9.10. The summed E-state index contributed by atoms with van der Waals surface area (Å²) < 4.78 is 16.7. The fraction of sp³-hybridized carbons (Fsp3) is 0.111. The smallest absolute Gasteiger partial charge is 0.262 e. The van der Waals surface area contributed by atoms with Crippen molar-refractivity contribution in [2.24, 2.45) is 0 Å². The Kier molecular flexibility index (Phi) is 3.93. The molecule has 126 valence electrons. The lowest BCUT2D eigenvalue weighted by molar-refractivity contribution is -0.118. The van der Waals surface area contributed by atoms with E-state index in [1.54, 1.807) is 36.4 Å². The molecule has 6 nitrogen and oxygen atoms in total. The molecule has 1 N–H and O–H groups in total. The zero-order valence-electron chi connectivity index (χ0n) is 12.9. The summed E-state index contributed by atoms with van der Waals surface area (Å²) in [7, 11) is 0. The normalized spacial score (nSPS) is 14.8. The molecule has 2 heterocycles. The van der Waals surface area contributed by atoms with E-state index in [0.717, 1.165) is 10.0 Å². The van der Waals surface area contributed by atoms with Crippen LogP contribution >= 0.6 is 15.9 Å². The van der Waals surface area contributed by atoms with Crippen molar-refractivity contribution in [1.29, 1.82) is 0 Å². The summed E-state index contributed by atoms with van der Waals surface area (Å²) in [6.45, 7) is 0.176. The molecule has 0 aliphatic carbocycles. The Labute approximate surface area is 151 Å². The largest absolute Gasteiger partial charge is 0.482 e. The van der Waals surface area contributed by atoms with Gasteiger partial charge in [-0.2, -0.15) is 0 Å². The Bertz CT molecular complexity index is 922. The van der Waals surface area contributed by atoms with Crippen LogP contribution in [0.15, 0.2) is 40.9 Å². The number of halogens is 1. The maximum atomic E-state index is 12.4. The maximum absolute atomic E-state index is 12.4.